The molecule has 0 aliphatic heterocycles. The summed E-state index contributed by atoms with van der Waals surface area (Å²) < 4.78 is 15.7. The van der Waals surface area contributed by atoms with E-state index >= 15 is 0 Å². The van der Waals surface area contributed by atoms with Crippen LogP contribution in [0.5, 0.6) is 11.5 Å². The molecule has 0 saturated heterocycles. The molecule has 250 valence electrons. The average Bonchev–Trinajstić information content (AvgIpc) is 3.53. The Morgan fingerprint density at radius 1 is 0.917 bits per heavy atom. The van der Waals surface area contributed by atoms with Crippen LogP contribution in [-0.4, -0.2) is 54.8 Å². The summed E-state index contributed by atoms with van der Waals surface area (Å²) in [5, 5.41) is 10.1. The van der Waals surface area contributed by atoms with Gasteiger partial charge in [0.15, 0.2) is 16.6 Å². The molecule has 0 spiro atoms. The predicted octanol–water partition coefficient (Wildman–Crippen LogP) is 6.18. The molecule has 0 aliphatic carbocycles. The smallest absolute Gasteiger partial charge is 0.311 e. The van der Waals surface area contributed by atoms with Gasteiger partial charge in [0.25, 0.3) is 11.8 Å². The van der Waals surface area contributed by atoms with Crippen LogP contribution in [0.25, 0.3) is 6.08 Å². The number of carbonyl (C=O) groups is 4. The minimum Gasteiger partial charge on any atom is -0.493 e. The van der Waals surface area contributed by atoms with Gasteiger partial charge < -0.3 is 30.2 Å². The van der Waals surface area contributed by atoms with Crippen LogP contribution in [0.4, 0.5) is 10.8 Å². The van der Waals surface area contributed by atoms with Crippen molar-refractivity contribution >= 4 is 63.7 Å². The molecule has 3 amide bonds. The van der Waals surface area contributed by atoms with Gasteiger partial charge in [-0.15, -0.1) is 23.1 Å². The Balaban J connectivity index is 1.48. The number of thiazole rings is 1. The molecular formula is C35H36N4O7S2. The Morgan fingerprint density at radius 3 is 2.40 bits per heavy atom. The number of hydrogen-bond donors (Lipinski definition) is 3. The monoisotopic (exact) mass is 688 g/mol. The molecule has 1 aromatic heterocycles. The first kappa shape index (κ1) is 35.7. The van der Waals surface area contributed by atoms with Gasteiger partial charge in [0.1, 0.15) is 5.70 Å². The van der Waals surface area contributed by atoms with E-state index < -0.39 is 17.1 Å². The van der Waals surface area contributed by atoms with E-state index in [4.69, 9.17) is 14.2 Å². The second-order valence-electron chi connectivity index (χ2n) is 10.1. The Hall–Kier alpha value is -5.14. The van der Waals surface area contributed by atoms with Crippen molar-refractivity contribution in [3.8, 4) is 11.5 Å². The maximum Gasteiger partial charge on any atom is 0.311 e. The quantitative estimate of drug-likeness (QED) is 0.0757. The summed E-state index contributed by atoms with van der Waals surface area (Å²) in [6.45, 7) is 3.92. The van der Waals surface area contributed by atoms with Crippen LogP contribution in [0.2, 0.25) is 0 Å². The molecule has 11 nitrogen and oxygen atoms in total. The summed E-state index contributed by atoms with van der Waals surface area (Å²) >= 11 is 2.57. The molecule has 3 aromatic carbocycles. The molecule has 48 heavy (non-hydrogen) atoms. The van der Waals surface area contributed by atoms with Crippen molar-refractivity contribution in [2.75, 3.05) is 31.5 Å². The minimum atomic E-state index is -0.552. The number of esters is 1. The van der Waals surface area contributed by atoms with E-state index in [-0.39, 0.29) is 30.6 Å². The van der Waals surface area contributed by atoms with Crippen molar-refractivity contribution in [2.24, 2.45) is 0 Å². The molecule has 0 saturated carbocycles. The van der Waals surface area contributed by atoms with E-state index in [0.717, 1.165) is 4.90 Å². The van der Waals surface area contributed by atoms with Gasteiger partial charge in [0, 0.05) is 21.5 Å². The summed E-state index contributed by atoms with van der Waals surface area (Å²) in [4.78, 5) is 56.6. The fraction of sp³-hybridized carbons (Fsp3) is 0.229. The van der Waals surface area contributed by atoms with Gasteiger partial charge in [-0.3, -0.25) is 19.2 Å². The third kappa shape index (κ3) is 10.2. The summed E-state index contributed by atoms with van der Waals surface area (Å²) in [7, 11) is 3.04. The topological polar surface area (TPSA) is 145 Å². The third-order valence-corrected chi connectivity index (χ3v) is 8.86. The van der Waals surface area contributed by atoms with E-state index in [1.807, 2.05) is 13.0 Å². The number of carbonyl (C=O) groups excluding carboxylic acids is 4. The number of anilines is 2. The van der Waals surface area contributed by atoms with Gasteiger partial charge in [0.2, 0.25) is 5.91 Å². The standard InChI is InChI=1S/C35H36N4O7S2/c1-5-30(34(43)39-35-37-25(21-47-35)20-31(40)46-6-2)48-26-14-10-13-24(19-26)36-33(42)27(38-32(41)23-11-8-7-9-12-23)17-22-15-16-28(44-3)29(18-22)45-4/h7-19,21,30H,5-6,20H2,1-4H3,(H,36,42)(H,38,41)(H,37,39,43)/b27-17+. The number of nitrogens with zero attached hydrogens (tertiary/aromatic N) is 1. The van der Waals surface area contributed by atoms with E-state index in [9.17, 15) is 19.2 Å². The lowest BCUT2D eigenvalue weighted by Crippen LogP contribution is -2.30. The number of benzene rings is 3. The van der Waals surface area contributed by atoms with Crippen molar-refractivity contribution in [1.29, 1.82) is 0 Å². The maximum absolute atomic E-state index is 13.6. The highest BCUT2D eigenvalue weighted by molar-refractivity contribution is 8.00. The van der Waals surface area contributed by atoms with Gasteiger partial charge in [0.05, 0.1) is 38.2 Å². The zero-order chi connectivity index (χ0) is 34.5. The normalized spacial score (nSPS) is 11.6. The molecule has 3 N–H and O–H groups in total. The van der Waals surface area contributed by atoms with Gasteiger partial charge in [-0.25, -0.2) is 4.98 Å². The molecule has 0 fully saturated rings. The van der Waals surface area contributed by atoms with Crippen molar-refractivity contribution in [2.45, 2.75) is 36.8 Å². The number of amides is 3. The molecule has 0 radical (unpaired) electrons. The Labute approximate surface area is 287 Å². The summed E-state index contributed by atoms with van der Waals surface area (Å²) in [6, 6.07) is 20.8. The first-order valence-corrected chi connectivity index (χ1v) is 16.8. The van der Waals surface area contributed by atoms with E-state index in [2.05, 4.69) is 20.9 Å². The molecule has 4 rings (SSSR count). The van der Waals surface area contributed by atoms with Crippen LogP contribution >= 0.6 is 23.1 Å². The van der Waals surface area contributed by atoms with Gasteiger partial charge in [-0.2, -0.15) is 0 Å². The van der Waals surface area contributed by atoms with Crippen LogP contribution in [0.15, 0.2) is 88.8 Å². The second-order valence-corrected chi connectivity index (χ2v) is 12.2. The Morgan fingerprint density at radius 2 is 1.69 bits per heavy atom. The number of ether oxygens (including phenoxy) is 3. The largest absolute Gasteiger partial charge is 0.493 e. The first-order chi connectivity index (χ1) is 23.2. The predicted molar refractivity (Wildman–Crippen MR) is 188 cm³/mol. The van der Waals surface area contributed by atoms with Gasteiger partial charge in [-0.05, 0) is 67.4 Å². The van der Waals surface area contributed by atoms with E-state index in [1.165, 1.54) is 37.3 Å². The van der Waals surface area contributed by atoms with Crippen LogP contribution in [0.1, 0.15) is 41.9 Å². The maximum atomic E-state index is 13.6. The first-order valence-electron chi connectivity index (χ1n) is 15.0. The van der Waals surface area contributed by atoms with Crippen LogP contribution < -0.4 is 25.4 Å². The molecule has 13 heteroatoms. The van der Waals surface area contributed by atoms with Crippen LogP contribution in [0.3, 0.4) is 0 Å². The number of nitrogens with one attached hydrogen (secondary N) is 3. The fourth-order valence-electron chi connectivity index (χ4n) is 4.38. The molecular weight excluding hydrogens is 653 g/mol. The molecule has 1 heterocycles. The zero-order valence-corrected chi connectivity index (χ0v) is 28.5. The molecule has 1 unspecified atom stereocenters. The number of aromatic nitrogens is 1. The summed E-state index contributed by atoms with van der Waals surface area (Å²) in [6.07, 6.45) is 2.11. The summed E-state index contributed by atoms with van der Waals surface area (Å²) in [5.74, 6) is -0.635. The van der Waals surface area contributed by atoms with Gasteiger partial charge >= 0.3 is 5.97 Å². The number of methoxy groups -OCH3 is 2. The van der Waals surface area contributed by atoms with Crippen molar-refractivity contribution in [3.63, 3.8) is 0 Å². The number of thioether (sulfide) groups is 1. The second kappa shape index (κ2) is 17.7. The third-order valence-electron chi connectivity index (χ3n) is 6.69. The highest BCUT2D eigenvalue weighted by Gasteiger charge is 2.21. The fourth-order valence-corrected chi connectivity index (χ4v) is 6.10. The molecule has 0 aliphatic rings. The molecule has 0 bridgehead atoms. The Bertz CT molecular complexity index is 1780. The van der Waals surface area contributed by atoms with E-state index in [0.29, 0.717) is 45.6 Å². The average molecular weight is 689 g/mol. The SMILES string of the molecule is CCOC(=O)Cc1csc(NC(=O)C(CC)Sc2cccc(NC(=O)/C(=C\c3ccc(OC)c(OC)c3)NC(=O)c3ccccc3)c2)n1. The molecule has 4 aromatic rings. The van der Waals surface area contributed by atoms with Crippen LogP contribution in [-0.2, 0) is 25.5 Å². The van der Waals surface area contributed by atoms with Crippen molar-refractivity contribution in [1.82, 2.24) is 10.3 Å². The Kier molecular flexibility index (Phi) is 13.2. The lowest BCUT2D eigenvalue weighted by molar-refractivity contribution is -0.142. The highest BCUT2D eigenvalue weighted by Crippen LogP contribution is 2.30. The van der Waals surface area contributed by atoms with Gasteiger partial charge in [-0.1, -0.05) is 37.3 Å². The number of rotatable bonds is 15. The van der Waals surface area contributed by atoms with Crippen molar-refractivity contribution < 1.29 is 33.4 Å². The highest BCUT2D eigenvalue weighted by atomic mass is 32.2. The van der Waals surface area contributed by atoms with Crippen LogP contribution in [0, 0.1) is 0 Å². The van der Waals surface area contributed by atoms with E-state index in [1.54, 1.807) is 85.1 Å². The lowest BCUT2D eigenvalue weighted by atomic mass is 10.1. The zero-order valence-electron chi connectivity index (χ0n) is 26.9. The summed E-state index contributed by atoms with van der Waals surface area (Å²) in [5.41, 5.74) is 1.98. The lowest BCUT2D eigenvalue weighted by Gasteiger charge is -2.15. The van der Waals surface area contributed by atoms with Crippen molar-refractivity contribution in [3.05, 3.63) is 101 Å². The minimum absolute atomic E-state index is 0.00529. The number of hydrogen-bond acceptors (Lipinski definition) is 10. The molecule has 1 atom stereocenters.